The molecule has 0 heterocycles. The first-order valence-corrected chi connectivity index (χ1v) is 8.34. The van der Waals surface area contributed by atoms with Crippen molar-refractivity contribution in [3.8, 4) is 0 Å². The van der Waals surface area contributed by atoms with Crippen molar-refractivity contribution < 1.29 is 4.79 Å². The Morgan fingerprint density at radius 1 is 1.23 bits per heavy atom. The van der Waals surface area contributed by atoms with Crippen LogP contribution in [-0.2, 0) is 4.79 Å². The van der Waals surface area contributed by atoms with Crippen molar-refractivity contribution in [2.75, 3.05) is 36.4 Å². The SMILES string of the molecule is CCN(CC)c1ccc(NCC(=O)NCCC(C)C)c(C)c1. The Hall–Kier alpha value is -1.71. The van der Waals surface area contributed by atoms with E-state index in [2.05, 4.69) is 68.4 Å². The lowest BCUT2D eigenvalue weighted by atomic mass is 10.1. The molecule has 0 saturated carbocycles. The van der Waals surface area contributed by atoms with Gasteiger partial charge in [0, 0.05) is 31.0 Å². The Morgan fingerprint density at radius 3 is 2.45 bits per heavy atom. The number of nitrogens with zero attached hydrogens (tertiary/aromatic N) is 1. The third kappa shape index (κ3) is 5.96. The molecule has 0 spiro atoms. The summed E-state index contributed by atoms with van der Waals surface area (Å²) >= 11 is 0. The molecule has 0 aliphatic heterocycles. The first-order valence-electron chi connectivity index (χ1n) is 8.34. The Kier molecular flexibility index (Phi) is 7.78. The van der Waals surface area contributed by atoms with E-state index in [9.17, 15) is 4.79 Å². The molecule has 0 aromatic heterocycles. The highest BCUT2D eigenvalue weighted by atomic mass is 16.1. The molecule has 0 saturated heterocycles. The number of hydrogen-bond acceptors (Lipinski definition) is 3. The summed E-state index contributed by atoms with van der Waals surface area (Å²) in [7, 11) is 0. The highest BCUT2D eigenvalue weighted by Crippen LogP contribution is 2.22. The standard InChI is InChI=1S/C18H31N3O/c1-6-21(7-2)16-8-9-17(15(5)12-16)20-13-18(22)19-11-10-14(3)4/h8-9,12,14,20H,6-7,10-11,13H2,1-5H3,(H,19,22). The van der Waals surface area contributed by atoms with Crippen LogP contribution in [-0.4, -0.2) is 32.1 Å². The molecule has 1 aromatic carbocycles. The van der Waals surface area contributed by atoms with Crippen molar-refractivity contribution in [3.05, 3.63) is 23.8 Å². The number of nitrogens with one attached hydrogen (secondary N) is 2. The summed E-state index contributed by atoms with van der Waals surface area (Å²) in [4.78, 5) is 14.1. The summed E-state index contributed by atoms with van der Waals surface area (Å²) in [6.07, 6.45) is 1.02. The van der Waals surface area contributed by atoms with E-state index in [0.717, 1.165) is 31.7 Å². The van der Waals surface area contributed by atoms with E-state index in [4.69, 9.17) is 0 Å². The number of benzene rings is 1. The third-order valence-corrected chi connectivity index (χ3v) is 3.82. The molecule has 1 amide bonds. The minimum absolute atomic E-state index is 0.0490. The fraction of sp³-hybridized carbons (Fsp3) is 0.611. The van der Waals surface area contributed by atoms with Gasteiger partial charge < -0.3 is 15.5 Å². The lowest BCUT2D eigenvalue weighted by Crippen LogP contribution is -2.31. The topological polar surface area (TPSA) is 44.4 Å². The Balaban J connectivity index is 2.51. The first kappa shape index (κ1) is 18.3. The maximum Gasteiger partial charge on any atom is 0.239 e. The minimum Gasteiger partial charge on any atom is -0.376 e. The van der Waals surface area contributed by atoms with E-state index >= 15 is 0 Å². The lowest BCUT2D eigenvalue weighted by molar-refractivity contribution is -0.119. The summed E-state index contributed by atoms with van der Waals surface area (Å²) < 4.78 is 0. The van der Waals surface area contributed by atoms with Gasteiger partial charge in [-0.25, -0.2) is 0 Å². The van der Waals surface area contributed by atoms with Gasteiger partial charge >= 0.3 is 0 Å². The highest BCUT2D eigenvalue weighted by molar-refractivity contribution is 5.81. The molecule has 1 aromatic rings. The number of amides is 1. The molecule has 1 rings (SSSR count). The largest absolute Gasteiger partial charge is 0.376 e. The van der Waals surface area contributed by atoms with Crippen molar-refractivity contribution in [3.63, 3.8) is 0 Å². The van der Waals surface area contributed by atoms with Crippen LogP contribution in [0, 0.1) is 12.8 Å². The number of carbonyl (C=O) groups is 1. The van der Waals surface area contributed by atoms with E-state index in [1.54, 1.807) is 0 Å². The quantitative estimate of drug-likeness (QED) is 0.735. The van der Waals surface area contributed by atoms with Crippen LogP contribution in [0.15, 0.2) is 18.2 Å². The molecule has 0 fully saturated rings. The van der Waals surface area contributed by atoms with Crippen molar-refractivity contribution in [2.45, 2.75) is 41.0 Å². The molecule has 0 unspecified atom stereocenters. The summed E-state index contributed by atoms with van der Waals surface area (Å²) in [6, 6.07) is 6.34. The second-order valence-corrected chi connectivity index (χ2v) is 6.06. The predicted octanol–water partition coefficient (Wildman–Crippen LogP) is 3.42. The van der Waals surface area contributed by atoms with Gasteiger partial charge in [0.2, 0.25) is 5.91 Å². The van der Waals surface area contributed by atoms with Gasteiger partial charge in [0.25, 0.3) is 0 Å². The molecule has 2 N–H and O–H groups in total. The van der Waals surface area contributed by atoms with Gasteiger partial charge in [-0.1, -0.05) is 13.8 Å². The fourth-order valence-electron chi connectivity index (χ4n) is 2.37. The molecule has 0 atom stereocenters. The smallest absolute Gasteiger partial charge is 0.239 e. The molecular weight excluding hydrogens is 274 g/mol. The Morgan fingerprint density at radius 2 is 1.91 bits per heavy atom. The molecule has 124 valence electrons. The van der Waals surface area contributed by atoms with Crippen LogP contribution in [0.1, 0.15) is 39.7 Å². The van der Waals surface area contributed by atoms with E-state index in [-0.39, 0.29) is 5.91 Å². The zero-order valence-electron chi connectivity index (χ0n) is 14.7. The maximum atomic E-state index is 11.8. The van der Waals surface area contributed by atoms with E-state index in [1.807, 2.05) is 0 Å². The summed E-state index contributed by atoms with van der Waals surface area (Å²) in [5.74, 6) is 0.663. The number of carbonyl (C=O) groups excluding carboxylic acids is 1. The van der Waals surface area contributed by atoms with Crippen LogP contribution < -0.4 is 15.5 Å². The van der Waals surface area contributed by atoms with Crippen LogP contribution in [0.3, 0.4) is 0 Å². The average molecular weight is 305 g/mol. The zero-order valence-corrected chi connectivity index (χ0v) is 14.7. The van der Waals surface area contributed by atoms with Crippen LogP contribution in [0.25, 0.3) is 0 Å². The molecule has 4 nitrogen and oxygen atoms in total. The zero-order chi connectivity index (χ0) is 16.5. The van der Waals surface area contributed by atoms with Gasteiger partial charge in [-0.15, -0.1) is 0 Å². The predicted molar refractivity (Wildman–Crippen MR) is 95.7 cm³/mol. The lowest BCUT2D eigenvalue weighted by Gasteiger charge is -2.22. The third-order valence-electron chi connectivity index (χ3n) is 3.82. The second kappa shape index (κ2) is 9.34. The molecule has 4 heteroatoms. The number of anilines is 2. The molecule has 22 heavy (non-hydrogen) atoms. The van der Waals surface area contributed by atoms with Crippen LogP contribution in [0.5, 0.6) is 0 Å². The summed E-state index contributed by atoms with van der Waals surface area (Å²) in [5, 5.41) is 6.16. The van der Waals surface area contributed by atoms with Crippen LogP contribution in [0.2, 0.25) is 0 Å². The molecule has 0 bridgehead atoms. The number of hydrogen-bond donors (Lipinski definition) is 2. The van der Waals surface area contributed by atoms with Crippen molar-refractivity contribution in [1.29, 1.82) is 0 Å². The number of aryl methyl sites for hydroxylation is 1. The van der Waals surface area contributed by atoms with Crippen molar-refractivity contribution in [1.82, 2.24) is 5.32 Å². The van der Waals surface area contributed by atoms with E-state index in [0.29, 0.717) is 12.5 Å². The first-order chi connectivity index (χ1) is 10.5. The van der Waals surface area contributed by atoms with Gasteiger partial charge in [0.15, 0.2) is 0 Å². The van der Waals surface area contributed by atoms with Crippen molar-refractivity contribution in [2.24, 2.45) is 5.92 Å². The monoisotopic (exact) mass is 305 g/mol. The van der Waals surface area contributed by atoms with Crippen LogP contribution in [0.4, 0.5) is 11.4 Å². The Labute approximate surface area is 135 Å². The minimum atomic E-state index is 0.0490. The molecule has 0 aliphatic carbocycles. The molecular formula is C18H31N3O. The summed E-state index contributed by atoms with van der Waals surface area (Å²) in [5.41, 5.74) is 3.42. The summed E-state index contributed by atoms with van der Waals surface area (Å²) in [6.45, 7) is 13.8. The number of rotatable bonds is 9. The van der Waals surface area contributed by atoms with Gasteiger partial charge in [-0.05, 0) is 56.9 Å². The second-order valence-electron chi connectivity index (χ2n) is 6.06. The maximum absolute atomic E-state index is 11.8. The van der Waals surface area contributed by atoms with Crippen molar-refractivity contribution >= 4 is 17.3 Å². The van der Waals surface area contributed by atoms with Gasteiger partial charge in [0.05, 0.1) is 6.54 Å². The van der Waals surface area contributed by atoms with E-state index in [1.165, 1.54) is 11.3 Å². The fourth-order valence-corrected chi connectivity index (χ4v) is 2.37. The molecule has 0 aliphatic rings. The highest BCUT2D eigenvalue weighted by Gasteiger charge is 2.06. The Bertz CT molecular complexity index is 467. The van der Waals surface area contributed by atoms with E-state index < -0.39 is 0 Å². The van der Waals surface area contributed by atoms with Crippen LogP contribution >= 0.6 is 0 Å². The average Bonchev–Trinajstić information content (AvgIpc) is 2.47. The van der Waals surface area contributed by atoms with Gasteiger partial charge in [0.1, 0.15) is 0 Å². The molecule has 0 radical (unpaired) electrons. The van der Waals surface area contributed by atoms with Gasteiger partial charge in [-0.2, -0.15) is 0 Å². The van der Waals surface area contributed by atoms with Gasteiger partial charge in [-0.3, -0.25) is 4.79 Å². The normalized spacial score (nSPS) is 10.6.